The van der Waals surface area contributed by atoms with Gasteiger partial charge < -0.3 is 19.9 Å². The molecule has 8 heteroatoms. The zero-order valence-corrected chi connectivity index (χ0v) is 14.8. The number of nitrogens with zero attached hydrogens (tertiary/aromatic N) is 1. The van der Waals surface area contributed by atoms with Crippen molar-refractivity contribution in [3.63, 3.8) is 0 Å². The number of hydrogen-bond acceptors (Lipinski definition) is 6. The summed E-state index contributed by atoms with van der Waals surface area (Å²) in [4.78, 5) is 27.4. The summed E-state index contributed by atoms with van der Waals surface area (Å²) in [6.45, 7) is 2.44. The van der Waals surface area contributed by atoms with E-state index < -0.39 is 17.9 Å². The van der Waals surface area contributed by atoms with Crippen LogP contribution < -0.4 is 10.1 Å². The first kappa shape index (κ1) is 18.9. The Morgan fingerprint density at radius 2 is 2.04 bits per heavy atom. The predicted octanol–water partition coefficient (Wildman–Crippen LogP) is 1.97. The van der Waals surface area contributed by atoms with Crippen molar-refractivity contribution in [1.82, 2.24) is 10.3 Å². The number of carbonyl (C=O) groups excluding carboxylic acids is 1. The standard InChI is InChI=1S/C17H20N2O5S/c1-3-24-13-6-4-11(5-7-13)16-18-12(10-25-16)8-15(20)19-14(9-23-2)17(21)22/h4-7,10,14H,3,8-9H2,1-2H3,(H,19,20)(H,21,22). The predicted molar refractivity (Wildman–Crippen MR) is 93.9 cm³/mol. The molecule has 25 heavy (non-hydrogen) atoms. The molecule has 7 nitrogen and oxygen atoms in total. The lowest BCUT2D eigenvalue weighted by Crippen LogP contribution is -2.44. The molecule has 1 aromatic heterocycles. The van der Waals surface area contributed by atoms with Gasteiger partial charge >= 0.3 is 5.97 Å². The lowest BCUT2D eigenvalue weighted by Gasteiger charge is -2.12. The molecule has 0 aliphatic heterocycles. The van der Waals surface area contributed by atoms with Gasteiger partial charge in [0.1, 0.15) is 10.8 Å². The number of amides is 1. The van der Waals surface area contributed by atoms with Crippen LogP contribution in [0.2, 0.25) is 0 Å². The van der Waals surface area contributed by atoms with E-state index in [4.69, 9.17) is 14.6 Å². The fraction of sp³-hybridized carbons (Fsp3) is 0.353. The summed E-state index contributed by atoms with van der Waals surface area (Å²) in [5.74, 6) is -0.753. The minimum Gasteiger partial charge on any atom is -0.494 e. The molecule has 134 valence electrons. The fourth-order valence-corrected chi connectivity index (χ4v) is 2.96. The maximum Gasteiger partial charge on any atom is 0.328 e. The van der Waals surface area contributed by atoms with Gasteiger partial charge in [-0.2, -0.15) is 0 Å². The number of carboxylic acids is 1. The second-order valence-electron chi connectivity index (χ2n) is 5.19. The Balaban J connectivity index is 1.98. The number of carbonyl (C=O) groups is 2. The molecule has 0 fully saturated rings. The highest BCUT2D eigenvalue weighted by atomic mass is 32.1. The number of aromatic nitrogens is 1. The van der Waals surface area contributed by atoms with Crippen molar-refractivity contribution in [3.05, 3.63) is 35.3 Å². The zero-order valence-electron chi connectivity index (χ0n) is 14.0. The van der Waals surface area contributed by atoms with Crippen LogP contribution >= 0.6 is 11.3 Å². The normalized spacial score (nSPS) is 11.8. The molecule has 2 rings (SSSR count). The van der Waals surface area contributed by atoms with E-state index in [9.17, 15) is 9.59 Å². The fourth-order valence-electron chi connectivity index (χ4n) is 2.13. The number of thiazole rings is 1. The number of hydrogen-bond donors (Lipinski definition) is 2. The molecule has 2 N–H and O–H groups in total. The van der Waals surface area contributed by atoms with Crippen LogP contribution in [0.4, 0.5) is 0 Å². The van der Waals surface area contributed by atoms with Crippen molar-refractivity contribution in [2.24, 2.45) is 0 Å². The summed E-state index contributed by atoms with van der Waals surface area (Å²) in [6, 6.07) is 6.49. The smallest absolute Gasteiger partial charge is 0.328 e. The van der Waals surface area contributed by atoms with Crippen molar-refractivity contribution in [2.45, 2.75) is 19.4 Å². The summed E-state index contributed by atoms with van der Waals surface area (Å²) in [5, 5.41) is 14.0. The molecule has 1 unspecified atom stereocenters. The van der Waals surface area contributed by atoms with Crippen molar-refractivity contribution in [2.75, 3.05) is 20.3 Å². The number of nitrogens with one attached hydrogen (secondary N) is 1. The summed E-state index contributed by atoms with van der Waals surface area (Å²) < 4.78 is 10.2. The molecule has 0 radical (unpaired) electrons. The van der Waals surface area contributed by atoms with E-state index >= 15 is 0 Å². The monoisotopic (exact) mass is 364 g/mol. The largest absolute Gasteiger partial charge is 0.494 e. The minimum absolute atomic E-state index is 0.0149. The van der Waals surface area contributed by atoms with Gasteiger partial charge in [0.25, 0.3) is 0 Å². The topological polar surface area (TPSA) is 97.8 Å². The van der Waals surface area contributed by atoms with Crippen LogP contribution in [-0.4, -0.2) is 48.3 Å². The van der Waals surface area contributed by atoms with Gasteiger partial charge in [-0.05, 0) is 31.2 Å². The summed E-state index contributed by atoms with van der Waals surface area (Å²) in [7, 11) is 1.38. The Morgan fingerprint density at radius 3 is 2.64 bits per heavy atom. The lowest BCUT2D eigenvalue weighted by atomic mass is 10.2. The first-order valence-electron chi connectivity index (χ1n) is 7.72. The Bertz CT molecular complexity index is 714. The number of aliphatic carboxylic acids is 1. The average molecular weight is 364 g/mol. The molecule has 0 spiro atoms. The van der Waals surface area contributed by atoms with Crippen LogP contribution in [0.1, 0.15) is 12.6 Å². The second-order valence-corrected chi connectivity index (χ2v) is 6.05. The minimum atomic E-state index is -1.14. The maximum absolute atomic E-state index is 12.0. The number of benzene rings is 1. The van der Waals surface area contributed by atoms with Gasteiger partial charge in [0, 0.05) is 18.1 Å². The number of ether oxygens (including phenoxy) is 2. The molecule has 0 aliphatic carbocycles. The van der Waals surface area contributed by atoms with Gasteiger partial charge in [0.05, 0.1) is 25.3 Å². The summed E-state index contributed by atoms with van der Waals surface area (Å²) in [6.07, 6.45) is 0.0149. The maximum atomic E-state index is 12.0. The zero-order chi connectivity index (χ0) is 18.2. The van der Waals surface area contributed by atoms with Crippen LogP contribution in [0.15, 0.2) is 29.6 Å². The summed E-state index contributed by atoms with van der Waals surface area (Å²) in [5.41, 5.74) is 1.52. The van der Waals surface area contributed by atoms with Gasteiger partial charge in [-0.15, -0.1) is 11.3 Å². The molecule has 1 amide bonds. The molecule has 0 bridgehead atoms. The average Bonchev–Trinajstić information content (AvgIpc) is 3.03. The first-order chi connectivity index (χ1) is 12.0. The Kier molecular flexibility index (Phi) is 6.91. The number of methoxy groups -OCH3 is 1. The Labute approximate surface area is 149 Å². The highest BCUT2D eigenvalue weighted by Crippen LogP contribution is 2.26. The van der Waals surface area contributed by atoms with E-state index in [0.29, 0.717) is 12.3 Å². The van der Waals surface area contributed by atoms with Crippen LogP contribution in [-0.2, 0) is 20.7 Å². The van der Waals surface area contributed by atoms with Gasteiger partial charge in [-0.25, -0.2) is 9.78 Å². The lowest BCUT2D eigenvalue weighted by molar-refractivity contribution is -0.143. The molecule has 0 saturated carbocycles. The molecule has 1 atom stereocenters. The van der Waals surface area contributed by atoms with Gasteiger partial charge in [0.15, 0.2) is 6.04 Å². The van der Waals surface area contributed by atoms with E-state index in [-0.39, 0.29) is 13.0 Å². The van der Waals surface area contributed by atoms with Crippen LogP contribution in [0.5, 0.6) is 5.75 Å². The second kappa shape index (κ2) is 9.14. The van der Waals surface area contributed by atoms with Crippen molar-refractivity contribution >= 4 is 23.2 Å². The van der Waals surface area contributed by atoms with Crippen molar-refractivity contribution in [1.29, 1.82) is 0 Å². The molecule has 0 saturated heterocycles. The van der Waals surface area contributed by atoms with Gasteiger partial charge in [-0.3, -0.25) is 4.79 Å². The van der Waals surface area contributed by atoms with Gasteiger partial charge in [0.2, 0.25) is 5.91 Å². The third kappa shape index (κ3) is 5.54. The molecular formula is C17H20N2O5S. The Hall–Kier alpha value is -2.45. The highest BCUT2D eigenvalue weighted by Gasteiger charge is 2.20. The van der Waals surface area contributed by atoms with E-state index in [1.807, 2.05) is 31.2 Å². The SMILES string of the molecule is CCOc1ccc(-c2nc(CC(=O)NC(COC)C(=O)O)cs2)cc1. The third-order valence-corrected chi connectivity index (χ3v) is 4.21. The Morgan fingerprint density at radius 1 is 1.32 bits per heavy atom. The molecule has 2 aromatic rings. The van der Waals surface area contributed by atoms with E-state index in [0.717, 1.165) is 16.3 Å². The van der Waals surface area contributed by atoms with Crippen molar-refractivity contribution in [3.8, 4) is 16.3 Å². The molecule has 1 heterocycles. The van der Waals surface area contributed by atoms with Gasteiger partial charge in [-0.1, -0.05) is 0 Å². The first-order valence-corrected chi connectivity index (χ1v) is 8.60. The van der Waals surface area contributed by atoms with E-state index in [2.05, 4.69) is 10.3 Å². The van der Waals surface area contributed by atoms with E-state index in [1.54, 1.807) is 5.38 Å². The highest BCUT2D eigenvalue weighted by molar-refractivity contribution is 7.13. The van der Waals surface area contributed by atoms with Crippen LogP contribution in [0.25, 0.3) is 10.6 Å². The quantitative estimate of drug-likeness (QED) is 0.706. The molecular weight excluding hydrogens is 344 g/mol. The summed E-state index contributed by atoms with van der Waals surface area (Å²) >= 11 is 1.43. The van der Waals surface area contributed by atoms with Crippen LogP contribution in [0, 0.1) is 0 Å². The number of carboxylic acid groups (broad SMARTS) is 1. The molecule has 0 aliphatic rings. The third-order valence-electron chi connectivity index (χ3n) is 3.27. The van der Waals surface area contributed by atoms with Crippen molar-refractivity contribution < 1.29 is 24.2 Å². The van der Waals surface area contributed by atoms with Crippen LogP contribution in [0.3, 0.4) is 0 Å². The number of rotatable bonds is 9. The van der Waals surface area contributed by atoms with E-state index in [1.165, 1.54) is 18.4 Å². The molecule has 1 aromatic carbocycles.